The van der Waals surface area contributed by atoms with E-state index in [1.165, 1.54) is 10.7 Å². The van der Waals surface area contributed by atoms with E-state index in [4.69, 9.17) is 19.4 Å². The number of imidazole rings is 1. The molecule has 6 heterocycles. The molecule has 13 heteroatoms. The van der Waals surface area contributed by atoms with Crippen molar-refractivity contribution in [3.05, 3.63) is 77.5 Å². The number of carboxylic acids is 1. The molecule has 2 saturated heterocycles. The molecule has 45 heavy (non-hydrogen) atoms. The van der Waals surface area contributed by atoms with Gasteiger partial charge in [0.05, 0.1) is 30.9 Å². The molecular formula is C32H33F2N7O4. The number of carboxylic acid groups (broad SMARTS) is 1. The van der Waals surface area contributed by atoms with Crippen molar-refractivity contribution in [2.24, 2.45) is 0 Å². The lowest BCUT2D eigenvalue weighted by Crippen LogP contribution is -2.35. The largest absolute Gasteiger partial charge is 0.477 e. The van der Waals surface area contributed by atoms with Crippen molar-refractivity contribution in [2.45, 2.75) is 64.0 Å². The minimum atomic E-state index is -2.48. The van der Waals surface area contributed by atoms with Crippen LogP contribution in [0.5, 0.6) is 5.88 Å². The van der Waals surface area contributed by atoms with Crippen molar-refractivity contribution in [1.29, 1.82) is 0 Å². The minimum Gasteiger partial charge on any atom is -0.477 e. The smallest absolute Gasteiger partial charge is 0.354 e. The van der Waals surface area contributed by atoms with Crippen molar-refractivity contribution in [3.8, 4) is 5.88 Å². The summed E-state index contributed by atoms with van der Waals surface area (Å²) in [5.41, 5.74) is 3.75. The monoisotopic (exact) mass is 617 g/mol. The number of alkyl halides is 2. The first-order valence-electron chi connectivity index (χ1n) is 15.2. The molecule has 2 fully saturated rings. The fourth-order valence-corrected chi connectivity index (χ4v) is 6.08. The number of aromatic carboxylic acids is 1. The molecule has 11 nitrogen and oxygen atoms in total. The van der Waals surface area contributed by atoms with Crippen molar-refractivity contribution in [2.75, 3.05) is 19.7 Å². The molecule has 0 spiro atoms. The highest BCUT2D eigenvalue weighted by Crippen LogP contribution is 2.30. The normalized spacial score (nSPS) is 17.7. The Hall–Kier alpha value is -4.49. The van der Waals surface area contributed by atoms with Gasteiger partial charge in [-0.25, -0.2) is 28.5 Å². The number of hydrogen-bond acceptors (Lipinski definition) is 8. The van der Waals surface area contributed by atoms with E-state index in [0.717, 1.165) is 61.4 Å². The maximum absolute atomic E-state index is 12.9. The highest BCUT2D eigenvalue weighted by atomic mass is 19.3. The first-order chi connectivity index (χ1) is 21.9. The second-order valence-corrected chi connectivity index (χ2v) is 11.6. The quantitative estimate of drug-likeness (QED) is 0.221. The van der Waals surface area contributed by atoms with Gasteiger partial charge in [-0.15, -0.1) is 0 Å². The van der Waals surface area contributed by atoms with Gasteiger partial charge >= 0.3 is 5.97 Å². The Balaban J connectivity index is 0.990. The maximum atomic E-state index is 12.9. The molecule has 0 saturated carbocycles. The number of pyridine rings is 2. The van der Waals surface area contributed by atoms with Crippen LogP contribution in [0.15, 0.2) is 54.7 Å². The van der Waals surface area contributed by atoms with Crippen molar-refractivity contribution < 1.29 is 28.2 Å². The molecule has 2 aliphatic heterocycles. The fraction of sp³-hybridized carbons (Fsp3) is 0.406. The highest BCUT2D eigenvalue weighted by Gasteiger charge is 2.26. The van der Waals surface area contributed by atoms with Crippen LogP contribution < -0.4 is 4.74 Å². The van der Waals surface area contributed by atoms with Crippen LogP contribution in [0, 0.1) is 0 Å². The third-order valence-electron chi connectivity index (χ3n) is 8.59. The van der Waals surface area contributed by atoms with E-state index >= 15 is 0 Å². The fourth-order valence-electron chi connectivity index (χ4n) is 6.08. The Labute approximate surface area is 257 Å². The molecule has 1 aromatic carbocycles. The Kier molecular flexibility index (Phi) is 8.11. The van der Waals surface area contributed by atoms with Gasteiger partial charge in [-0.1, -0.05) is 18.2 Å². The molecule has 4 aromatic heterocycles. The van der Waals surface area contributed by atoms with Gasteiger partial charge in [0.1, 0.15) is 24.5 Å². The summed E-state index contributed by atoms with van der Waals surface area (Å²) in [6, 6.07) is 14.6. The SMILES string of the molecule is O=C(O)c1ccc2nc(CN3CCC(c4cccc(OCc5ccc6cnn(CC(F)F)c6c5)n4)CC3)n(CC3CCO3)c2n1. The zero-order valence-electron chi connectivity index (χ0n) is 24.6. The van der Waals surface area contributed by atoms with E-state index in [1.54, 1.807) is 12.3 Å². The summed E-state index contributed by atoms with van der Waals surface area (Å²) in [5, 5.41) is 14.3. The Bertz CT molecular complexity index is 1830. The van der Waals surface area contributed by atoms with Crippen molar-refractivity contribution in [1.82, 2.24) is 34.2 Å². The molecule has 1 unspecified atom stereocenters. The average molecular weight is 618 g/mol. The number of carbonyl (C=O) groups is 1. The molecule has 7 rings (SSSR count). The van der Waals surface area contributed by atoms with Crippen LogP contribution in [0.25, 0.3) is 22.1 Å². The number of rotatable bonds is 11. The number of ether oxygens (including phenoxy) is 2. The molecule has 234 valence electrons. The van der Waals surface area contributed by atoms with Gasteiger partial charge in [-0.2, -0.15) is 5.10 Å². The second kappa shape index (κ2) is 12.5. The first-order valence-corrected chi connectivity index (χ1v) is 15.2. The summed E-state index contributed by atoms with van der Waals surface area (Å²) in [5.74, 6) is 0.606. The van der Waals surface area contributed by atoms with Gasteiger partial charge in [0.15, 0.2) is 11.3 Å². The molecular weight excluding hydrogens is 584 g/mol. The maximum Gasteiger partial charge on any atom is 0.354 e. The number of hydrogen-bond donors (Lipinski definition) is 1. The molecule has 0 radical (unpaired) electrons. The number of aromatic nitrogens is 6. The van der Waals surface area contributed by atoms with E-state index in [-0.39, 0.29) is 24.3 Å². The van der Waals surface area contributed by atoms with Crippen molar-refractivity contribution in [3.63, 3.8) is 0 Å². The zero-order chi connectivity index (χ0) is 30.9. The Morgan fingerprint density at radius 1 is 1.07 bits per heavy atom. The van der Waals surface area contributed by atoms with E-state index in [9.17, 15) is 18.7 Å². The Morgan fingerprint density at radius 3 is 2.67 bits per heavy atom. The topological polar surface area (TPSA) is 120 Å². The number of fused-ring (bicyclic) bond motifs is 2. The predicted molar refractivity (Wildman–Crippen MR) is 160 cm³/mol. The first kappa shape index (κ1) is 29.2. The van der Waals surface area contributed by atoms with E-state index in [2.05, 4.69) is 15.0 Å². The summed E-state index contributed by atoms with van der Waals surface area (Å²) >= 11 is 0. The minimum absolute atomic E-state index is 0.00244. The number of halogens is 2. The van der Waals surface area contributed by atoms with E-state index < -0.39 is 18.9 Å². The summed E-state index contributed by atoms with van der Waals surface area (Å²) in [7, 11) is 0. The van der Waals surface area contributed by atoms with Gasteiger partial charge in [-0.05, 0) is 62.2 Å². The summed E-state index contributed by atoms with van der Waals surface area (Å²) in [4.78, 5) is 27.9. The lowest BCUT2D eigenvalue weighted by molar-refractivity contribution is -0.0593. The van der Waals surface area contributed by atoms with Gasteiger partial charge in [-0.3, -0.25) is 9.58 Å². The summed E-state index contributed by atoms with van der Waals surface area (Å²) in [6.07, 6.45) is 2.01. The standard InChI is InChI=1S/C32H33F2N7O4/c33-28(34)17-41-27-14-20(4-5-22(27)15-35-41)19-45-30-3-1-2-24(37-30)21-8-11-39(12-9-21)18-29-36-25-6-7-26(32(42)43)38-31(25)40(29)16-23-10-13-44-23/h1-7,14-15,21,23,28H,8-13,16-19H2,(H,42,43). The number of benzene rings is 1. The van der Waals surface area contributed by atoms with Gasteiger partial charge in [0, 0.05) is 29.7 Å². The predicted octanol–water partition coefficient (Wildman–Crippen LogP) is 4.89. The molecule has 1 N–H and O–H groups in total. The zero-order valence-corrected chi connectivity index (χ0v) is 24.6. The number of likely N-dealkylation sites (tertiary alicyclic amines) is 1. The molecule has 1 atom stereocenters. The summed E-state index contributed by atoms with van der Waals surface area (Å²) in [6.45, 7) is 3.51. The van der Waals surface area contributed by atoms with Crippen LogP contribution in [0.1, 0.15) is 52.8 Å². The van der Waals surface area contributed by atoms with Crippen molar-refractivity contribution >= 4 is 28.0 Å². The highest BCUT2D eigenvalue weighted by molar-refractivity contribution is 5.88. The van der Waals surface area contributed by atoms with Gasteiger partial charge in [0.2, 0.25) is 5.88 Å². The van der Waals surface area contributed by atoms with E-state index in [1.807, 2.05) is 41.0 Å². The van der Waals surface area contributed by atoms with Crippen LogP contribution in [0.2, 0.25) is 0 Å². The third kappa shape index (κ3) is 6.36. The van der Waals surface area contributed by atoms with Gasteiger partial charge < -0.3 is 19.1 Å². The number of piperidine rings is 1. The molecule has 2 aliphatic rings. The summed E-state index contributed by atoms with van der Waals surface area (Å²) < 4.78 is 40.9. The molecule has 5 aromatic rings. The van der Waals surface area contributed by atoms with Gasteiger partial charge in [0.25, 0.3) is 6.43 Å². The van der Waals surface area contributed by atoms with Crippen LogP contribution in [0.3, 0.4) is 0 Å². The number of nitrogens with zero attached hydrogens (tertiary/aromatic N) is 7. The van der Waals surface area contributed by atoms with Crippen LogP contribution in [-0.4, -0.2) is 77.5 Å². The second-order valence-electron chi connectivity index (χ2n) is 11.6. The molecule has 0 bridgehead atoms. The van der Waals surface area contributed by atoms with E-state index in [0.29, 0.717) is 35.7 Å². The molecule has 0 aliphatic carbocycles. The Morgan fingerprint density at radius 2 is 1.91 bits per heavy atom. The lowest BCUT2D eigenvalue weighted by Gasteiger charge is -2.32. The average Bonchev–Trinajstić information content (AvgIpc) is 3.57. The van der Waals surface area contributed by atoms with Crippen LogP contribution in [-0.2, 0) is 31.0 Å². The van der Waals surface area contributed by atoms with Crippen LogP contribution in [0.4, 0.5) is 8.78 Å². The molecule has 0 amide bonds. The third-order valence-corrected chi connectivity index (χ3v) is 8.59. The lowest BCUT2D eigenvalue weighted by atomic mass is 9.93. The van der Waals surface area contributed by atoms with Crippen LogP contribution >= 0.6 is 0 Å².